The van der Waals surface area contributed by atoms with Crippen LogP contribution in [0.2, 0.25) is 0 Å². The van der Waals surface area contributed by atoms with Gasteiger partial charge in [0.1, 0.15) is 11.8 Å². The monoisotopic (exact) mass is 456 g/mol. The molecule has 2 aromatic rings. The number of para-hydroxylation sites is 1. The van der Waals surface area contributed by atoms with E-state index in [1.165, 1.54) is 19.2 Å². The van der Waals surface area contributed by atoms with E-state index in [2.05, 4.69) is 15.4 Å². The number of benzene rings is 2. The zero-order chi connectivity index (χ0) is 24.4. The van der Waals surface area contributed by atoms with Gasteiger partial charge >= 0.3 is 11.9 Å². The first-order chi connectivity index (χ1) is 15.8. The first-order valence-corrected chi connectivity index (χ1v) is 10.4. The highest BCUT2D eigenvalue weighted by molar-refractivity contribution is 6.02. The van der Waals surface area contributed by atoms with Gasteiger partial charge in [0.05, 0.1) is 25.0 Å². The molecule has 0 saturated heterocycles. The van der Waals surface area contributed by atoms with E-state index >= 15 is 0 Å². The number of amides is 2. The normalized spacial score (nSPS) is 11.3. The van der Waals surface area contributed by atoms with Crippen molar-refractivity contribution in [3.05, 3.63) is 59.7 Å². The van der Waals surface area contributed by atoms with Crippen LogP contribution in [0.5, 0.6) is 5.75 Å². The van der Waals surface area contributed by atoms with Crippen LogP contribution in [-0.4, -0.2) is 50.1 Å². The van der Waals surface area contributed by atoms with Crippen LogP contribution in [0.4, 0.5) is 5.69 Å². The van der Waals surface area contributed by atoms with E-state index in [9.17, 15) is 19.2 Å². The highest BCUT2D eigenvalue weighted by atomic mass is 16.5. The Morgan fingerprint density at radius 3 is 2.24 bits per heavy atom. The molecular weight excluding hydrogens is 428 g/mol. The Hall–Kier alpha value is -3.88. The van der Waals surface area contributed by atoms with Crippen LogP contribution in [0.3, 0.4) is 0 Å². The molecule has 0 aliphatic heterocycles. The highest BCUT2D eigenvalue weighted by Gasteiger charge is 2.27. The Morgan fingerprint density at radius 1 is 0.970 bits per heavy atom. The van der Waals surface area contributed by atoms with Crippen LogP contribution in [0, 0.1) is 5.92 Å². The fourth-order valence-corrected chi connectivity index (χ4v) is 2.88. The average Bonchev–Trinajstić information content (AvgIpc) is 2.81. The maximum absolute atomic E-state index is 12.6. The minimum atomic E-state index is -0.959. The van der Waals surface area contributed by atoms with E-state index in [0.29, 0.717) is 17.9 Å². The number of rotatable bonds is 10. The van der Waals surface area contributed by atoms with Crippen LogP contribution in [0.25, 0.3) is 0 Å². The number of methoxy groups -OCH3 is 1. The molecule has 2 N–H and O–H groups in total. The Labute approximate surface area is 192 Å². The van der Waals surface area contributed by atoms with E-state index < -0.39 is 36.4 Å². The van der Waals surface area contributed by atoms with Gasteiger partial charge < -0.3 is 24.8 Å². The first-order valence-electron chi connectivity index (χ1n) is 10.4. The number of hydrogen-bond donors (Lipinski definition) is 2. The van der Waals surface area contributed by atoms with E-state index in [0.717, 1.165) is 0 Å². The van der Waals surface area contributed by atoms with Gasteiger partial charge in [-0.15, -0.1) is 0 Å². The van der Waals surface area contributed by atoms with Crippen LogP contribution >= 0.6 is 0 Å². The van der Waals surface area contributed by atoms with Crippen molar-refractivity contribution in [2.45, 2.75) is 26.8 Å². The minimum absolute atomic E-state index is 0.169. The molecule has 0 fully saturated rings. The smallest absolute Gasteiger partial charge is 0.339 e. The van der Waals surface area contributed by atoms with Gasteiger partial charge in [-0.25, -0.2) is 9.59 Å². The number of ether oxygens (including phenoxy) is 3. The van der Waals surface area contributed by atoms with Crippen molar-refractivity contribution in [3.8, 4) is 5.75 Å². The molecule has 9 nitrogen and oxygen atoms in total. The number of carbonyl (C=O) groups is 4. The largest absolute Gasteiger partial charge is 0.494 e. The molecule has 2 amide bonds. The second kappa shape index (κ2) is 12.2. The van der Waals surface area contributed by atoms with Crippen molar-refractivity contribution < 1.29 is 33.4 Å². The van der Waals surface area contributed by atoms with Gasteiger partial charge in [0.25, 0.3) is 11.8 Å². The van der Waals surface area contributed by atoms with E-state index in [1.54, 1.807) is 50.2 Å². The van der Waals surface area contributed by atoms with Crippen LogP contribution in [0.1, 0.15) is 41.5 Å². The fraction of sp³-hybridized carbons (Fsp3) is 0.333. The molecule has 1 atom stereocenters. The third-order valence-corrected chi connectivity index (χ3v) is 4.59. The molecule has 0 aliphatic carbocycles. The predicted molar refractivity (Wildman–Crippen MR) is 121 cm³/mol. The van der Waals surface area contributed by atoms with E-state index in [4.69, 9.17) is 9.47 Å². The quantitative estimate of drug-likeness (QED) is 0.528. The molecule has 9 heteroatoms. The summed E-state index contributed by atoms with van der Waals surface area (Å²) >= 11 is 0. The lowest BCUT2D eigenvalue weighted by molar-refractivity contribution is -0.150. The van der Waals surface area contributed by atoms with E-state index in [1.807, 2.05) is 6.92 Å². The topological polar surface area (TPSA) is 120 Å². The maximum Gasteiger partial charge on any atom is 0.339 e. The molecule has 176 valence electrons. The summed E-state index contributed by atoms with van der Waals surface area (Å²) in [6, 6.07) is 11.8. The number of hydrogen-bond acceptors (Lipinski definition) is 7. The minimum Gasteiger partial charge on any atom is -0.494 e. The Morgan fingerprint density at radius 2 is 1.64 bits per heavy atom. The van der Waals surface area contributed by atoms with Crippen LogP contribution in [0.15, 0.2) is 48.5 Å². The zero-order valence-electron chi connectivity index (χ0n) is 19.0. The van der Waals surface area contributed by atoms with Crippen LogP contribution < -0.4 is 15.4 Å². The van der Waals surface area contributed by atoms with Crippen molar-refractivity contribution in [1.82, 2.24) is 5.32 Å². The van der Waals surface area contributed by atoms with Gasteiger partial charge in [0.2, 0.25) is 0 Å². The van der Waals surface area contributed by atoms with Gasteiger partial charge in [0, 0.05) is 5.56 Å². The molecule has 1 unspecified atom stereocenters. The molecular formula is C24H28N2O7. The van der Waals surface area contributed by atoms with Gasteiger partial charge in [0.15, 0.2) is 6.61 Å². The molecule has 0 spiro atoms. The lowest BCUT2D eigenvalue weighted by Gasteiger charge is -2.21. The molecule has 0 aromatic heterocycles. The van der Waals surface area contributed by atoms with Crippen molar-refractivity contribution in [2.24, 2.45) is 5.92 Å². The van der Waals surface area contributed by atoms with E-state index in [-0.39, 0.29) is 17.2 Å². The molecule has 2 rings (SSSR count). The fourth-order valence-electron chi connectivity index (χ4n) is 2.88. The Kier molecular flexibility index (Phi) is 9.41. The molecule has 0 aliphatic rings. The second-order valence-corrected chi connectivity index (χ2v) is 7.35. The maximum atomic E-state index is 12.6. The first kappa shape index (κ1) is 25.4. The van der Waals surface area contributed by atoms with Crippen molar-refractivity contribution >= 4 is 29.4 Å². The summed E-state index contributed by atoms with van der Waals surface area (Å²) in [7, 11) is 1.23. The van der Waals surface area contributed by atoms with Crippen LogP contribution in [-0.2, 0) is 19.1 Å². The Balaban J connectivity index is 1.96. The molecule has 2 aromatic carbocycles. The summed E-state index contributed by atoms with van der Waals surface area (Å²) in [6.45, 7) is 5.27. The average molecular weight is 456 g/mol. The van der Waals surface area contributed by atoms with Gasteiger partial charge in [-0.2, -0.15) is 0 Å². The predicted octanol–water partition coefficient (Wildman–Crippen LogP) is 2.81. The number of carbonyl (C=O) groups excluding carboxylic acids is 4. The second-order valence-electron chi connectivity index (χ2n) is 7.35. The summed E-state index contributed by atoms with van der Waals surface area (Å²) in [5.74, 6) is -2.11. The number of esters is 2. The van der Waals surface area contributed by atoms with Crippen molar-refractivity contribution in [3.63, 3.8) is 0 Å². The third-order valence-electron chi connectivity index (χ3n) is 4.59. The SMILES string of the molecule is CCOc1ccc(C(=O)NC(C(=O)OCC(=O)Nc2ccccc2C(=O)OC)C(C)C)cc1. The van der Waals surface area contributed by atoms with Crippen molar-refractivity contribution in [2.75, 3.05) is 25.6 Å². The molecule has 0 saturated carbocycles. The zero-order valence-corrected chi connectivity index (χ0v) is 19.0. The third kappa shape index (κ3) is 7.34. The highest BCUT2D eigenvalue weighted by Crippen LogP contribution is 2.16. The summed E-state index contributed by atoms with van der Waals surface area (Å²) in [6.07, 6.45) is 0. The standard InChI is InChI=1S/C24H28N2O7/c1-5-32-17-12-10-16(11-13-17)22(28)26-21(15(2)3)24(30)33-14-20(27)25-19-9-7-6-8-18(19)23(29)31-4/h6-13,15,21H,5,14H2,1-4H3,(H,25,27)(H,26,28). The molecule has 0 bridgehead atoms. The number of nitrogens with one attached hydrogen (secondary N) is 2. The lowest BCUT2D eigenvalue weighted by atomic mass is 10.0. The van der Waals surface area contributed by atoms with Gasteiger partial charge in [-0.3, -0.25) is 9.59 Å². The van der Waals surface area contributed by atoms with Gasteiger partial charge in [-0.1, -0.05) is 26.0 Å². The summed E-state index contributed by atoms with van der Waals surface area (Å²) in [5, 5.41) is 5.16. The molecule has 0 heterocycles. The summed E-state index contributed by atoms with van der Waals surface area (Å²) < 4.78 is 15.1. The lowest BCUT2D eigenvalue weighted by Crippen LogP contribution is -2.45. The Bertz CT molecular complexity index is 987. The summed E-state index contributed by atoms with van der Waals surface area (Å²) in [5.41, 5.74) is 0.756. The summed E-state index contributed by atoms with van der Waals surface area (Å²) in [4.78, 5) is 49.2. The number of anilines is 1. The van der Waals surface area contributed by atoms with Gasteiger partial charge in [-0.05, 0) is 49.2 Å². The molecule has 0 radical (unpaired) electrons. The van der Waals surface area contributed by atoms with Crippen molar-refractivity contribution in [1.29, 1.82) is 0 Å². The molecule has 33 heavy (non-hydrogen) atoms.